The molecule has 182 valence electrons. The Bertz CT molecular complexity index is 1160. The van der Waals surface area contributed by atoms with Gasteiger partial charge in [-0.1, -0.05) is 18.9 Å². The molecule has 1 aliphatic heterocycles. The molecule has 4 nitrogen and oxygen atoms in total. The van der Waals surface area contributed by atoms with E-state index in [0.717, 1.165) is 59.2 Å². The lowest BCUT2D eigenvalue weighted by Gasteiger charge is -2.42. The fourth-order valence-electron chi connectivity index (χ4n) is 5.49. The lowest BCUT2D eigenvalue weighted by molar-refractivity contribution is -0.155. The smallest absolute Gasteiger partial charge is 0.401 e. The zero-order chi connectivity index (χ0) is 24.0. The number of hydrogen-bond acceptors (Lipinski definition) is 3. The molecule has 1 N–H and O–H groups in total. The van der Waals surface area contributed by atoms with E-state index < -0.39 is 42.0 Å². The van der Waals surface area contributed by atoms with E-state index >= 15 is 8.78 Å². The average molecular weight is 479 g/mol. The summed E-state index contributed by atoms with van der Waals surface area (Å²) >= 11 is 0. The Hall–Kier alpha value is -2.68. The molecule has 1 saturated carbocycles. The molecule has 1 aromatic heterocycles. The summed E-state index contributed by atoms with van der Waals surface area (Å²) in [6.45, 7) is 0.746. The number of H-pyrrole nitrogens is 1. The third-order valence-electron chi connectivity index (χ3n) is 7.11. The van der Waals surface area contributed by atoms with Crippen molar-refractivity contribution in [3.63, 3.8) is 0 Å². The van der Waals surface area contributed by atoms with E-state index in [4.69, 9.17) is 4.74 Å². The van der Waals surface area contributed by atoms with Crippen molar-refractivity contribution < 1.29 is 26.7 Å². The summed E-state index contributed by atoms with van der Waals surface area (Å²) in [6, 6.07) is 3.67. The van der Waals surface area contributed by atoms with Gasteiger partial charge in [0, 0.05) is 29.1 Å². The van der Waals surface area contributed by atoms with Crippen LogP contribution in [0.2, 0.25) is 0 Å². The fourth-order valence-corrected chi connectivity index (χ4v) is 5.49. The summed E-state index contributed by atoms with van der Waals surface area (Å²) in [4.78, 5) is 1.13. The van der Waals surface area contributed by atoms with Gasteiger partial charge in [-0.3, -0.25) is 10.00 Å². The predicted octanol–water partition coefficient (Wildman–Crippen LogP) is 6.31. The first-order valence-electron chi connectivity index (χ1n) is 11.6. The van der Waals surface area contributed by atoms with Gasteiger partial charge in [0.15, 0.2) is 0 Å². The van der Waals surface area contributed by atoms with Crippen molar-refractivity contribution in [3.05, 3.63) is 58.8 Å². The van der Waals surface area contributed by atoms with E-state index in [2.05, 4.69) is 10.2 Å². The van der Waals surface area contributed by atoms with Crippen LogP contribution in [-0.4, -0.2) is 40.5 Å². The highest BCUT2D eigenvalue weighted by Crippen LogP contribution is 2.44. The first-order chi connectivity index (χ1) is 16.2. The molecule has 0 amide bonds. The highest BCUT2D eigenvalue weighted by atomic mass is 19.4. The van der Waals surface area contributed by atoms with Gasteiger partial charge in [-0.05, 0) is 49.3 Å². The summed E-state index contributed by atoms with van der Waals surface area (Å²) in [7, 11) is 0. The molecular formula is C25H26F5N3O. The topological polar surface area (TPSA) is 41.1 Å². The Balaban J connectivity index is 1.57. The molecule has 1 fully saturated rings. The maximum absolute atomic E-state index is 15.4. The molecule has 2 heterocycles. The van der Waals surface area contributed by atoms with Crippen LogP contribution in [-0.2, 0) is 6.42 Å². The van der Waals surface area contributed by atoms with Crippen molar-refractivity contribution in [2.24, 2.45) is 5.92 Å². The minimum Gasteiger partial charge on any atom is -0.493 e. The lowest BCUT2D eigenvalue weighted by Crippen LogP contribution is -2.47. The molecule has 0 unspecified atom stereocenters. The Morgan fingerprint density at radius 2 is 1.82 bits per heavy atom. The standard InChI is InChI=1S/C25H26F5N3O/c1-14-8-18-17(6-7-22-19(18)11-31-32-22)24(33(14)13-25(28,29)30)23-20(26)9-16(10-21(23)27)34-12-15-4-2-3-5-15/h6-7,9-11,14-15,24H,2-5,8,12-13H2,1H3,(H,31,32)/t14-,24+/m1/s1. The number of aromatic amines is 1. The van der Waals surface area contributed by atoms with Crippen LogP contribution in [0.25, 0.3) is 10.9 Å². The van der Waals surface area contributed by atoms with Crippen molar-refractivity contribution >= 4 is 10.9 Å². The van der Waals surface area contributed by atoms with Crippen LogP contribution in [0.15, 0.2) is 30.5 Å². The van der Waals surface area contributed by atoms with Crippen molar-refractivity contribution in [2.45, 2.75) is 57.3 Å². The molecule has 1 aliphatic carbocycles. The summed E-state index contributed by atoms with van der Waals surface area (Å²) in [5.41, 5.74) is 1.54. The number of hydrogen-bond donors (Lipinski definition) is 1. The van der Waals surface area contributed by atoms with E-state index in [-0.39, 0.29) is 5.75 Å². The van der Waals surface area contributed by atoms with Gasteiger partial charge in [0.2, 0.25) is 0 Å². The van der Waals surface area contributed by atoms with Gasteiger partial charge >= 0.3 is 6.18 Å². The van der Waals surface area contributed by atoms with Gasteiger partial charge in [-0.15, -0.1) is 0 Å². The third-order valence-corrected chi connectivity index (χ3v) is 7.11. The van der Waals surface area contributed by atoms with Crippen molar-refractivity contribution in [1.29, 1.82) is 0 Å². The van der Waals surface area contributed by atoms with Gasteiger partial charge in [0.1, 0.15) is 17.4 Å². The highest BCUT2D eigenvalue weighted by Gasteiger charge is 2.43. The van der Waals surface area contributed by atoms with Crippen molar-refractivity contribution in [2.75, 3.05) is 13.2 Å². The maximum Gasteiger partial charge on any atom is 0.401 e. The van der Waals surface area contributed by atoms with Crippen LogP contribution in [0.1, 0.15) is 55.3 Å². The van der Waals surface area contributed by atoms with Gasteiger partial charge in [-0.2, -0.15) is 18.3 Å². The zero-order valence-corrected chi connectivity index (χ0v) is 18.8. The molecule has 2 aromatic carbocycles. The number of fused-ring (bicyclic) bond motifs is 3. The second kappa shape index (κ2) is 8.83. The summed E-state index contributed by atoms with van der Waals surface area (Å²) < 4.78 is 77.1. The van der Waals surface area contributed by atoms with Crippen LogP contribution < -0.4 is 4.74 Å². The number of alkyl halides is 3. The normalized spacial score (nSPS) is 21.8. The first kappa shape index (κ1) is 23.1. The van der Waals surface area contributed by atoms with Crippen molar-refractivity contribution in [3.8, 4) is 5.75 Å². The third kappa shape index (κ3) is 4.37. The van der Waals surface area contributed by atoms with Crippen LogP contribution in [0.4, 0.5) is 22.0 Å². The monoisotopic (exact) mass is 479 g/mol. The Labute approximate surface area is 194 Å². The van der Waals surface area contributed by atoms with E-state index in [0.29, 0.717) is 24.5 Å². The Morgan fingerprint density at radius 1 is 1.12 bits per heavy atom. The van der Waals surface area contributed by atoms with Crippen molar-refractivity contribution in [1.82, 2.24) is 15.1 Å². The molecule has 2 aliphatic rings. The number of aromatic nitrogens is 2. The number of nitrogens with one attached hydrogen (secondary N) is 1. The fraction of sp³-hybridized carbons (Fsp3) is 0.480. The van der Waals surface area contributed by atoms with Crippen LogP contribution in [0.3, 0.4) is 0 Å². The minimum atomic E-state index is -4.53. The van der Waals surface area contributed by atoms with E-state index in [1.165, 1.54) is 0 Å². The predicted molar refractivity (Wildman–Crippen MR) is 118 cm³/mol. The van der Waals surface area contributed by atoms with Gasteiger partial charge in [0.25, 0.3) is 0 Å². The Morgan fingerprint density at radius 3 is 2.50 bits per heavy atom. The molecule has 0 saturated heterocycles. The van der Waals surface area contributed by atoms with Gasteiger partial charge in [0.05, 0.1) is 30.9 Å². The van der Waals surface area contributed by atoms with Gasteiger partial charge < -0.3 is 4.74 Å². The summed E-state index contributed by atoms with van der Waals surface area (Å²) in [5, 5.41) is 7.62. The average Bonchev–Trinajstić information content (AvgIpc) is 3.44. The largest absolute Gasteiger partial charge is 0.493 e. The lowest BCUT2D eigenvalue weighted by atomic mass is 9.83. The molecule has 5 rings (SSSR count). The number of halogens is 5. The van der Waals surface area contributed by atoms with Crippen LogP contribution in [0.5, 0.6) is 5.75 Å². The molecule has 0 radical (unpaired) electrons. The zero-order valence-electron chi connectivity index (χ0n) is 18.8. The quantitative estimate of drug-likeness (QED) is 0.436. The van der Waals surface area contributed by atoms with E-state index in [9.17, 15) is 13.2 Å². The van der Waals surface area contributed by atoms with E-state index in [1.807, 2.05) is 0 Å². The van der Waals surface area contributed by atoms with E-state index in [1.54, 1.807) is 25.3 Å². The number of ether oxygens (including phenoxy) is 1. The second-order valence-corrected chi connectivity index (χ2v) is 9.47. The first-order valence-corrected chi connectivity index (χ1v) is 11.6. The maximum atomic E-state index is 15.4. The molecule has 0 spiro atoms. The Kier molecular flexibility index (Phi) is 6.00. The minimum absolute atomic E-state index is 0.0578. The number of rotatable bonds is 5. The highest BCUT2D eigenvalue weighted by molar-refractivity contribution is 5.83. The molecule has 2 atom stereocenters. The summed E-state index contributed by atoms with van der Waals surface area (Å²) in [6.07, 6.45) is 1.67. The molecule has 9 heteroatoms. The molecule has 0 bridgehead atoms. The van der Waals surface area contributed by atoms with Crippen LogP contribution in [0, 0.1) is 17.6 Å². The second-order valence-electron chi connectivity index (χ2n) is 9.47. The number of nitrogens with zero attached hydrogens (tertiary/aromatic N) is 2. The molecule has 34 heavy (non-hydrogen) atoms. The molecule has 3 aromatic rings. The number of benzene rings is 2. The van der Waals surface area contributed by atoms with Crippen LogP contribution >= 0.6 is 0 Å². The summed E-state index contributed by atoms with van der Waals surface area (Å²) in [5.74, 6) is -1.41. The SMILES string of the molecule is C[C@@H]1Cc2c(ccc3[nH]ncc23)[C@@H](c2c(F)cc(OCC3CCCC3)cc2F)N1CC(F)(F)F. The molecular weight excluding hydrogens is 453 g/mol. The van der Waals surface area contributed by atoms with Gasteiger partial charge in [-0.25, -0.2) is 8.78 Å².